The van der Waals surface area contributed by atoms with Crippen LogP contribution in [0.15, 0.2) is 30.3 Å². The number of amides is 1. The van der Waals surface area contributed by atoms with Crippen molar-refractivity contribution < 1.29 is 14.7 Å². The second-order valence-electron chi connectivity index (χ2n) is 4.99. The second-order valence-corrected chi connectivity index (χ2v) is 4.99. The van der Waals surface area contributed by atoms with Crippen LogP contribution < -0.4 is 4.90 Å². The van der Waals surface area contributed by atoms with Gasteiger partial charge < -0.3 is 10.0 Å². The fourth-order valence-electron chi connectivity index (χ4n) is 2.61. The number of carbonyl (C=O) groups excluding carboxylic acids is 1. The molecule has 1 aromatic carbocycles. The Labute approximate surface area is 113 Å². The first kappa shape index (κ1) is 13.6. The zero-order valence-corrected chi connectivity index (χ0v) is 10.9. The molecule has 1 N–H and O–H groups in total. The van der Waals surface area contributed by atoms with E-state index < -0.39 is 5.97 Å². The molecule has 1 amide bonds. The number of hydrogen-bond donors (Lipinski definition) is 1. The first-order valence-corrected chi connectivity index (χ1v) is 6.76. The summed E-state index contributed by atoms with van der Waals surface area (Å²) in [5, 5.41) is 9.00. The molecule has 4 heteroatoms. The van der Waals surface area contributed by atoms with Gasteiger partial charge in [0.25, 0.3) is 0 Å². The largest absolute Gasteiger partial charge is 0.480 e. The summed E-state index contributed by atoms with van der Waals surface area (Å²) in [6.45, 7) is -0.265. The Morgan fingerprint density at radius 2 is 1.74 bits per heavy atom. The van der Waals surface area contributed by atoms with Crippen LogP contribution in [0.3, 0.4) is 0 Å². The Morgan fingerprint density at radius 1 is 1.11 bits per heavy atom. The average molecular weight is 261 g/mol. The van der Waals surface area contributed by atoms with Crippen LogP contribution in [0.5, 0.6) is 0 Å². The summed E-state index contributed by atoms with van der Waals surface area (Å²) in [5.41, 5.74) is 0.667. The molecule has 0 aromatic heterocycles. The van der Waals surface area contributed by atoms with Crippen LogP contribution >= 0.6 is 0 Å². The van der Waals surface area contributed by atoms with Gasteiger partial charge in [-0.3, -0.25) is 9.59 Å². The van der Waals surface area contributed by atoms with Gasteiger partial charge in [0.1, 0.15) is 6.54 Å². The maximum Gasteiger partial charge on any atom is 0.323 e. The van der Waals surface area contributed by atoms with E-state index in [1.54, 1.807) is 12.1 Å². The molecule has 1 aromatic rings. The molecule has 2 rings (SSSR count). The van der Waals surface area contributed by atoms with Crippen molar-refractivity contribution in [3.8, 4) is 0 Å². The molecule has 0 bridgehead atoms. The van der Waals surface area contributed by atoms with Crippen molar-refractivity contribution in [1.29, 1.82) is 0 Å². The SMILES string of the molecule is O=C(O)CN(C(=O)C1CCCCC1)c1ccccc1. The van der Waals surface area contributed by atoms with Crippen molar-refractivity contribution in [2.75, 3.05) is 11.4 Å². The fourth-order valence-corrected chi connectivity index (χ4v) is 2.61. The molecule has 1 aliphatic rings. The maximum absolute atomic E-state index is 12.5. The summed E-state index contributed by atoms with van der Waals surface area (Å²) in [6.07, 6.45) is 5.05. The van der Waals surface area contributed by atoms with E-state index in [9.17, 15) is 9.59 Å². The summed E-state index contributed by atoms with van der Waals surface area (Å²) in [4.78, 5) is 24.9. The van der Waals surface area contributed by atoms with E-state index in [4.69, 9.17) is 5.11 Å². The summed E-state index contributed by atoms with van der Waals surface area (Å²) >= 11 is 0. The topological polar surface area (TPSA) is 57.6 Å². The van der Waals surface area contributed by atoms with Gasteiger partial charge >= 0.3 is 5.97 Å². The monoisotopic (exact) mass is 261 g/mol. The lowest BCUT2D eigenvalue weighted by atomic mass is 9.88. The Kier molecular flexibility index (Phi) is 4.55. The quantitative estimate of drug-likeness (QED) is 0.906. The highest BCUT2D eigenvalue weighted by atomic mass is 16.4. The molecule has 1 saturated carbocycles. The van der Waals surface area contributed by atoms with E-state index in [0.717, 1.165) is 25.7 Å². The minimum atomic E-state index is -0.979. The molecule has 0 heterocycles. The van der Waals surface area contributed by atoms with Crippen molar-refractivity contribution in [3.05, 3.63) is 30.3 Å². The predicted octanol–water partition coefficient (Wildman–Crippen LogP) is 2.68. The third kappa shape index (κ3) is 3.56. The van der Waals surface area contributed by atoms with Gasteiger partial charge in [0.2, 0.25) is 5.91 Å². The summed E-state index contributed by atoms with van der Waals surface area (Å²) in [5.74, 6) is -1.05. The normalized spacial score (nSPS) is 16.0. The predicted molar refractivity (Wildman–Crippen MR) is 73.0 cm³/mol. The lowest BCUT2D eigenvalue weighted by molar-refractivity contribution is -0.137. The van der Waals surface area contributed by atoms with E-state index in [-0.39, 0.29) is 18.4 Å². The van der Waals surface area contributed by atoms with E-state index in [0.29, 0.717) is 5.69 Å². The van der Waals surface area contributed by atoms with Gasteiger partial charge in [-0.05, 0) is 25.0 Å². The molecule has 4 nitrogen and oxygen atoms in total. The Bertz CT molecular complexity index is 438. The molecule has 19 heavy (non-hydrogen) atoms. The van der Waals surface area contributed by atoms with E-state index in [1.165, 1.54) is 11.3 Å². The molecular formula is C15H19NO3. The van der Waals surface area contributed by atoms with Crippen LogP contribution in [0.2, 0.25) is 0 Å². The van der Waals surface area contributed by atoms with Crippen LogP contribution in [-0.2, 0) is 9.59 Å². The van der Waals surface area contributed by atoms with Crippen LogP contribution in [0, 0.1) is 5.92 Å². The van der Waals surface area contributed by atoms with E-state index in [2.05, 4.69) is 0 Å². The number of hydrogen-bond acceptors (Lipinski definition) is 2. The van der Waals surface area contributed by atoms with Gasteiger partial charge in [-0.25, -0.2) is 0 Å². The van der Waals surface area contributed by atoms with Crippen LogP contribution in [0.4, 0.5) is 5.69 Å². The van der Waals surface area contributed by atoms with Crippen LogP contribution in [0.25, 0.3) is 0 Å². The van der Waals surface area contributed by atoms with Gasteiger partial charge in [-0.15, -0.1) is 0 Å². The number of benzene rings is 1. The Hall–Kier alpha value is -1.84. The first-order valence-electron chi connectivity index (χ1n) is 6.76. The second kappa shape index (κ2) is 6.36. The minimum Gasteiger partial charge on any atom is -0.480 e. The van der Waals surface area contributed by atoms with Crippen molar-refractivity contribution in [2.45, 2.75) is 32.1 Å². The zero-order valence-electron chi connectivity index (χ0n) is 10.9. The summed E-state index contributed by atoms with van der Waals surface area (Å²) in [6, 6.07) is 9.05. The third-order valence-corrected chi connectivity index (χ3v) is 3.58. The van der Waals surface area contributed by atoms with E-state index >= 15 is 0 Å². The van der Waals surface area contributed by atoms with Gasteiger partial charge in [-0.1, -0.05) is 37.5 Å². The standard InChI is InChI=1S/C15H19NO3/c17-14(18)11-16(13-9-5-2-6-10-13)15(19)12-7-3-1-4-8-12/h2,5-6,9-10,12H,1,3-4,7-8,11H2,(H,17,18). The summed E-state index contributed by atoms with van der Waals surface area (Å²) < 4.78 is 0. The maximum atomic E-state index is 12.5. The fraction of sp³-hybridized carbons (Fsp3) is 0.467. The highest BCUT2D eigenvalue weighted by Gasteiger charge is 2.28. The lowest BCUT2D eigenvalue weighted by Gasteiger charge is -2.28. The van der Waals surface area contributed by atoms with Crippen molar-refractivity contribution in [1.82, 2.24) is 0 Å². The molecular weight excluding hydrogens is 242 g/mol. The molecule has 0 unspecified atom stereocenters. The Balaban J connectivity index is 2.17. The van der Waals surface area contributed by atoms with Gasteiger partial charge in [0.05, 0.1) is 0 Å². The number of rotatable bonds is 4. The molecule has 0 radical (unpaired) electrons. The first-order chi connectivity index (χ1) is 9.18. The number of carboxylic acid groups (broad SMARTS) is 1. The lowest BCUT2D eigenvalue weighted by Crippen LogP contribution is -2.40. The summed E-state index contributed by atoms with van der Waals surface area (Å²) in [7, 11) is 0. The Morgan fingerprint density at radius 3 is 2.32 bits per heavy atom. The number of anilines is 1. The van der Waals surface area contributed by atoms with Crippen molar-refractivity contribution in [3.63, 3.8) is 0 Å². The number of aliphatic carboxylic acids is 1. The number of para-hydroxylation sites is 1. The molecule has 1 fully saturated rings. The van der Waals surface area contributed by atoms with Gasteiger partial charge in [0, 0.05) is 11.6 Å². The number of nitrogens with zero attached hydrogens (tertiary/aromatic N) is 1. The smallest absolute Gasteiger partial charge is 0.323 e. The van der Waals surface area contributed by atoms with Crippen LogP contribution in [0.1, 0.15) is 32.1 Å². The minimum absolute atomic E-state index is 0.0201. The highest BCUT2D eigenvalue weighted by molar-refractivity contribution is 5.98. The third-order valence-electron chi connectivity index (χ3n) is 3.58. The molecule has 0 saturated heterocycles. The molecule has 0 atom stereocenters. The van der Waals surface area contributed by atoms with Crippen molar-refractivity contribution in [2.24, 2.45) is 5.92 Å². The van der Waals surface area contributed by atoms with Gasteiger partial charge in [-0.2, -0.15) is 0 Å². The zero-order chi connectivity index (χ0) is 13.7. The number of carbonyl (C=O) groups is 2. The van der Waals surface area contributed by atoms with Gasteiger partial charge in [0.15, 0.2) is 0 Å². The molecule has 0 aliphatic heterocycles. The van der Waals surface area contributed by atoms with E-state index in [1.807, 2.05) is 18.2 Å². The molecule has 102 valence electrons. The molecule has 1 aliphatic carbocycles. The molecule has 0 spiro atoms. The van der Waals surface area contributed by atoms with Crippen molar-refractivity contribution >= 4 is 17.6 Å². The van der Waals surface area contributed by atoms with Crippen LogP contribution in [-0.4, -0.2) is 23.5 Å². The number of carboxylic acids is 1. The average Bonchev–Trinajstić information content (AvgIpc) is 2.46. The highest BCUT2D eigenvalue weighted by Crippen LogP contribution is 2.27.